The Hall–Kier alpha value is -2.57. The molecular formula is C16H20NO6-. The predicted molar refractivity (Wildman–Crippen MR) is 79.0 cm³/mol. The molecule has 0 spiro atoms. The van der Waals surface area contributed by atoms with Crippen molar-refractivity contribution in [2.75, 3.05) is 6.61 Å². The minimum absolute atomic E-state index is 0.0455. The molecule has 1 atom stereocenters. The molecule has 23 heavy (non-hydrogen) atoms. The van der Waals surface area contributed by atoms with Crippen molar-refractivity contribution in [3.8, 4) is 0 Å². The molecule has 0 saturated heterocycles. The molecule has 7 heteroatoms. The SMILES string of the molecule is CCCOC(=O)[C@H](CCC(=O)[O-])NC(=O)OCc1ccccc1. The molecule has 0 aromatic heterocycles. The maximum absolute atomic E-state index is 11.8. The van der Waals surface area contributed by atoms with Crippen molar-refractivity contribution in [3.63, 3.8) is 0 Å². The molecule has 0 aliphatic carbocycles. The second kappa shape index (κ2) is 10.2. The third-order valence-electron chi connectivity index (χ3n) is 2.87. The average molecular weight is 322 g/mol. The van der Waals surface area contributed by atoms with Gasteiger partial charge in [-0.25, -0.2) is 9.59 Å². The number of carbonyl (C=O) groups is 3. The molecule has 0 aliphatic heterocycles. The quantitative estimate of drug-likeness (QED) is 0.673. The number of rotatable bonds is 9. The van der Waals surface area contributed by atoms with Gasteiger partial charge in [0.2, 0.25) is 0 Å². The third-order valence-corrected chi connectivity index (χ3v) is 2.87. The van der Waals surface area contributed by atoms with Crippen LogP contribution in [0.2, 0.25) is 0 Å². The van der Waals surface area contributed by atoms with Crippen molar-refractivity contribution in [2.45, 2.75) is 38.8 Å². The molecule has 1 N–H and O–H groups in total. The summed E-state index contributed by atoms with van der Waals surface area (Å²) < 4.78 is 9.93. The van der Waals surface area contributed by atoms with Crippen LogP contribution < -0.4 is 10.4 Å². The number of hydrogen-bond acceptors (Lipinski definition) is 6. The highest BCUT2D eigenvalue weighted by Crippen LogP contribution is 2.04. The van der Waals surface area contributed by atoms with Gasteiger partial charge in [0.15, 0.2) is 0 Å². The molecule has 0 saturated carbocycles. The summed E-state index contributed by atoms with van der Waals surface area (Å²) in [5, 5.41) is 12.9. The second-order valence-corrected chi connectivity index (χ2v) is 4.84. The van der Waals surface area contributed by atoms with Crippen LogP contribution in [0.25, 0.3) is 0 Å². The first kappa shape index (κ1) is 18.5. The van der Waals surface area contributed by atoms with E-state index >= 15 is 0 Å². The van der Waals surface area contributed by atoms with E-state index in [0.29, 0.717) is 6.42 Å². The van der Waals surface area contributed by atoms with Gasteiger partial charge in [0.05, 0.1) is 6.61 Å². The summed E-state index contributed by atoms with van der Waals surface area (Å²) in [6, 6.07) is 7.95. The molecular weight excluding hydrogens is 302 g/mol. The summed E-state index contributed by atoms with van der Waals surface area (Å²) in [6.45, 7) is 2.07. The molecule has 1 rings (SSSR count). The van der Waals surface area contributed by atoms with Crippen LogP contribution >= 0.6 is 0 Å². The Morgan fingerprint density at radius 3 is 2.48 bits per heavy atom. The van der Waals surface area contributed by atoms with Crippen molar-refractivity contribution in [3.05, 3.63) is 35.9 Å². The number of hydrogen-bond donors (Lipinski definition) is 1. The van der Waals surface area contributed by atoms with Gasteiger partial charge in [-0.15, -0.1) is 0 Å². The van der Waals surface area contributed by atoms with E-state index < -0.39 is 24.1 Å². The Morgan fingerprint density at radius 2 is 1.87 bits per heavy atom. The maximum atomic E-state index is 11.8. The largest absolute Gasteiger partial charge is 0.550 e. The monoisotopic (exact) mass is 322 g/mol. The summed E-state index contributed by atoms with van der Waals surface area (Å²) in [6.07, 6.45) is -0.682. The van der Waals surface area contributed by atoms with Crippen molar-refractivity contribution in [1.82, 2.24) is 5.32 Å². The molecule has 0 bridgehead atoms. The highest BCUT2D eigenvalue weighted by atomic mass is 16.6. The Kier molecular flexibility index (Phi) is 8.20. The van der Waals surface area contributed by atoms with Gasteiger partial charge in [0.25, 0.3) is 0 Å². The Labute approximate surface area is 134 Å². The molecule has 0 fully saturated rings. The van der Waals surface area contributed by atoms with E-state index in [1.54, 1.807) is 24.3 Å². The number of benzene rings is 1. The zero-order chi connectivity index (χ0) is 17.1. The van der Waals surface area contributed by atoms with E-state index in [2.05, 4.69) is 5.32 Å². The fourth-order valence-electron chi connectivity index (χ4n) is 1.72. The van der Waals surface area contributed by atoms with E-state index in [9.17, 15) is 19.5 Å². The van der Waals surface area contributed by atoms with E-state index in [0.717, 1.165) is 5.56 Å². The minimum atomic E-state index is -1.31. The number of nitrogens with one attached hydrogen (secondary N) is 1. The Morgan fingerprint density at radius 1 is 1.17 bits per heavy atom. The van der Waals surface area contributed by atoms with Gasteiger partial charge in [-0.05, 0) is 24.8 Å². The number of amides is 1. The lowest BCUT2D eigenvalue weighted by atomic mass is 10.1. The van der Waals surface area contributed by atoms with Crippen molar-refractivity contribution >= 4 is 18.0 Å². The van der Waals surface area contributed by atoms with Crippen molar-refractivity contribution < 1.29 is 29.0 Å². The molecule has 7 nitrogen and oxygen atoms in total. The number of carbonyl (C=O) groups excluding carboxylic acids is 3. The first-order valence-electron chi connectivity index (χ1n) is 7.36. The van der Waals surface area contributed by atoms with E-state index in [4.69, 9.17) is 9.47 Å². The lowest BCUT2D eigenvalue weighted by molar-refractivity contribution is -0.305. The number of alkyl carbamates (subject to hydrolysis) is 1. The van der Waals surface area contributed by atoms with Crippen LogP contribution in [-0.2, 0) is 25.7 Å². The topological polar surface area (TPSA) is 105 Å². The number of carboxylic acid groups (broad SMARTS) is 1. The van der Waals surface area contributed by atoms with Crippen molar-refractivity contribution in [2.24, 2.45) is 0 Å². The minimum Gasteiger partial charge on any atom is -0.550 e. The van der Waals surface area contributed by atoms with Crippen LogP contribution in [0.15, 0.2) is 30.3 Å². The van der Waals surface area contributed by atoms with E-state index in [1.807, 2.05) is 13.0 Å². The fraction of sp³-hybridized carbons (Fsp3) is 0.438. The summed E-state index contributed by atoms with van der Waals surface area (Å²) in [7, 11) is 0. The molecule has 126 valence electrons. The summed E-state index contributed by atoms with van der Waals surface area (Å²) in [4.78, 5) is 34.1. The number of carboxylic acids is 1. The van der Waals surface area contributed by atoms with Gasteiger partial charge >= 0.3 is 12.1 Å². The van der Waals surface area contributed by atoms with Gasteiger partial charge in [-0.3, -0.25) is 0 Å². The van der Waals surface area contributed by atoms with Crippen LogP contribution in [0.1, 0.15) is 31.7 Å². The highest BCUT2D eigenvalue weighted by Gasteiger charge is 2.22. The van der Waals surface area contributed by atoms with Crippen LogP contribution in [0.3, 0.4) is 0 Å². The van der Waals surface area contributed by atoms with Crippen LogP contribution in [0.5, 0.6) is 0 Å². The smallest absolute Gasteiger partial charge is 0.408 e. The Bertz CT molecular complexity index is 517. The highest BCUT2D eigenvalue weighted by molar-refractivity contribution is 5.81. The maximum Gasteiger partial charge on any atom is 0.408 e. The van der Waals surface area contributed by atoms with Crippen LogP contribution in [-0.4, -0.2) is 30.7 Å². The molecule has 1 amide bonds. The zero-order valence-electron chi connectivity index (χ0n) is 12.9. The lowest BCUT2D eigenvalue weighted by Gasteiger charge is -2.17. The standard InChI is InChI=1S/C16H21NO6/c1-2-10-22-15(20)13(8-9-14(18)19)17-16(21)23-11-12-6-4-3-5-7-12/h3-7,13H,2,8-11H2,1H3,(H,17,21)(H,18,19)/p-1/t13-/m0/s1. The average Bonchev–Trinajstić information content (AvgIpc) is 2.55. The molecule has 0 radical (unpaired) electrons. The number of aliphatic carboxylic acids is 1. The Balaban J connectivity index is 2.51. The predicted octanol–water partition coefficient (Wildman–Crippen LogP) is 0.765. The normalized spacial score (nSPS) is 11.3. The fourth-order valence-corrected chi connectivity index (χ4v) is 1.72. The number of ether oxygens (including phenoxy) is 2. The molecule has 1 aromatic carbocycles. The molecule has 0 aliphatic rings. The van der Waals surface area contributed by atoms with Crippen LogP contribution in [0.4, 0.5) is 4.79 Å². The van der Waals surface area contributed by atoms with Gasteiger partial charge in [0, 0.05) is 5.97 Å². The summed E-state index contributed by atoms with van der Waals surface area (Å²) in [5.74, 6) is -2.00. The summed E-state index contributed by atoms with van der Waals surface area (Å²) in [5.41, 5.74) is 0.794. The molecule has 0 heterocycles. The van der Waals surface area contributed by atoms with Crippen molar-refractivity contribution in [1.29, 1.82) is 0 Å². The number of esters is 1. The van der Waals surface area contributed by atoms with Crippen LogP contribution in [0, 0.1) is 0 Å². The zero-order valence-corrected chi connectivity index (χ0v) is 12.9. The van der Waals surface area contributed by atoms with E-state index in [-0.39, 0.29) is 26.1 Å². The van der Waals surface area contributed by atoms with Gasteiger partial charge < -0.3 is 24.7 Å². The first-order valence-corrected chi connectivity index (χ1v) is 7.36. The first-order chi connectivity index (χ1) is 11.0. The van der Waals surface area contributed by atoms with E-state index in [1.165, 1.54) is 0 Å². The second-order valence-electron chi connectivity index (χ2n) is 4.84. The molecule has 1 aromatic rings. The lowest BCUT2D eigenvalue weighted by Crippen LogP contribution is -2.43. The van der Waals surface area contributed by atoms with Gasteiger partial charge in [-0.2, -0.15) is 0 Å². The van der Waals surface area contributed by atoms with Gasteiger partial charge in [0.1, 0.15) is 12.6 Å². The summed E-state index contributed by atoms with van der Waals surface area (Å²) >= 11 is 0. The molecule has 0 unspecified atom stereocenters. The van der Waals surface area contributed by atoms with Gasteiger partial charge in [-0.1, -0.05) is 37.3 Å². The third kappa shape index (κ3) is 7.85.